The quantitative estimate of drug-likeness (QED) is 0.436. The molecule has 0 unspecified atom stereocenters. The van der Waals surface area contributed by atoms with Crippen molar-refractivity contribution in [1.29, 1.82) is 0 Å². The number of nitrogens with two attached hydrogens (primary N) is 1. The number of aromatic nitrogens is 1. The Labute approximate surface area is 179 Å². The molecule has 1 aliphatic rings. The Bertz CT molecular complexity index is 1020. The van der Waals surface area contributed by atoms with Gasteiger partial charge < -0.3 is 15.5 Å². The Balaban J connectivity index is 1.73. The van der Waals surface area contributed by atoms with E-state index in [-0.39, 0.29) is 18.4 Å². The molecule has 0 amide bonds. The predicted molar refractivity (Wildman–Crippen MR) is 112 cm³/mol. The van der Waals surface area contributed by atoms with Gasteiger partial charge in [-0.15, -0.1) is 11.3 Å². The number of anilines is 1. The maximum atomic E-state index is 13.0. The molecule has 3 atom stereocenters. The highest BCUT2D eigenvalue weighted by atomic mass is 32.2. The van der Waals surface area contributed by atoms with Gasteiger partial charge in [-0.2, -0.15) is 8.42 Å². The van der Waals surface area contributed by atoms with Crippen LogP contribution >= 0.6 is 11.3 Å². The molecule has 5 N–H and O–H groups in total. The fraction of sp³-hybridized carbons (Fsp3) is 0.474. The second-order valence-electron chi connectivity index (χ2n) is 7.90. The number of thiophene rings is 1. The van der Waals surface area contributed by atoms with Crippen molar-refractivity contribution in [3.8, 4) is 0 Å². The highest BCUT2D eigenvalue weighted by Crippen LogP contribution is 2.31. The minimum absolute atomic E-state index is 0.207. The monoisotopic (exact) mass is 455 g/mol. The fourth-order valence-electron chi connectivity index (χ4n) is 3.39. The molecule has 1 aliphatic carbocycles. The lowest BCUT2D eigenvalue weighted by Crippen LogP contribution is -2.24. The standard InChI is InChI=1S/C19H25N3O6S2/c1-19(2,25)12-7-16(29-10-12)17(24)14-4-3-5-21-18(14)22-13-6-11(15(23)8-13)9-28-30(20,26)27/h3-5,7,10-11,13,15,23,25H,6,8-9H2,1-2H3,(H,21,22)(H2,20,26,27)/t11-,13-,15+/m1/s1. The maximum Gasteiger partial charge on any atom is 0.333 e. The third-order valence-electron chi connectivity index (χ3n) is 5.03. The summed E-state index contributed by atoms with van der Waals surface area (Å²) in [7, 11) is -4.07. The van der Waals surface area contributed by atoms with Crippen LogP contribution in [0.3, 0.4) is 0 Å². The van der Waals surface area contributed by atoms with Crippen LogP contribution in [0.15, 0.2) is 29.8 Å². The molecule has 3 rings (SSSR count). The third-order valence-corrected chi connectivity index (χ3v) is 6.42. The summed E-state index contributed by atoms with van der Waals surface area (Å²) in [5.74, 6) is -0.250. The average Bonchev–Trinajstić information content (AvgIpc) is 3.26. The van der Waals surface area contributed by atoms with E-state index < -0.39 is 27.9 Å². The molecule has 0 aliphatic heterocycles. The van der Waals surface area contributed by atoms with E-state index in [0.29, 0.717) is 34.7 Å². The topological polar surface area (TPSA) is 152 Å². The number of hydrogen-bond donors (Lipinski definition) is 4. The van der Waals surface area contributed by atoms with Gasteiger partial charge in [0, 0.05) is 18.2 Å². The number of rotatable bonds is 8. The van der Waals surface area contributed by atoms with Crippen molar-refractivity contribution in [2.24, 2.45) is 11.1 Å². The number of ketones is 1. The van der Waals surface area contributed by atoms with Crippen molar-refractivity contribution in [3.63, 3.8) is 0 Å². The molecule has 2 heterocycles. The molecule has 2 aromatic rings. The van der Waals surface area contributed by atoms with Crippen molar-refractivity contribution >= 4 is 33.2 Å². The van der Waals surface area contributed by atoms with Crippen molar-refractivity contribution in [1.82, 2.24) is 4.98 Å². The average molecular weight is 456 g/mol. The molecule has 0 saturated heterocycles. The number of nitrogens with one attached hydrogen (secondary N) is 1. The van der Waals surface area contributed by atoms with Crippen LogP contribution in [0.4, 0.5) is 5.82 Å². The summed E-state index contributed by atoms with van der Waals surface area (Å²) in [6.45, 7) is 3.10. The summed E-state index contributed by atoms with van der Waals surface area (Å²) in [5, 5.41) is 30.1. The van der Waals surface area contributed by atoms with Crippen molar-refractivity contribution in [3.05, 3.63) is 45.8 Å². The van der Waals surface area contributed by atoms with E-state index in [4.69, 9.17) is 5.14 Å². The molecular weight excluding hydrogens is 430 g/mol. The van der Waals surface area contributed by atoms with Gasteiger partial charge in [-0.25, -0.2) is 10.1 Å². The Kier molecular flexibility index (Phi) is 6.60. The van der Waals surface area contributed by atoms with Gasteiger partial charge in [-0.05, 0) is 55.8 Å². The van der Waals surface area contributed by atoms with E-state index in [2.05, 4.69) is 14.5 Å². The Morgan fingerprint density at radius 3 is 2.80 bits per heavy atom. The van der Waals surface area contributed by atoms with Gasteiger partial charge in [-0.1, -0.05) is 0 Å². The van der Waals surface area contributed by atoms with Gasteiger partial charge >= 0.3 is 10.3 Å². The summed E-state index contributed by atoms with van der Waals surface area (Å²) in [4.78, 5) is 17.8. The Hall–Kier alpha value is -1.89. The Morgan fingerprint density at radius 2 is 2.17 bits per heavy atom. The lowest BCUT2D eigenvalue weighted by atomic mass is 10.0. The molecule has 30 heavy (non-hydrogen) atoms. The van der Waals surface area contributed by atoms with E-state index in [1.807, 2.05) is 0 Å². The highest BCUT2D eigenvalue weighted by molar-refractivity contribution is 7.84. The van der Waals surface area contributed by atoms with Crippen LogP contribution in [0.2, 0.25) is 0 Å². The lowest BCUT2D eigenvalue weighted by Gasteiger charge is -2.16. The summed E-state index contributed by atoms with van der Waals surface area (Å²) < 4.78 is 26.6. The third kappa shape index (κ3) is 5.62. The van der Waals surface area contributed by atoms with E-state index in [0.717, 1.165) is 0 Å². The predicted octanol–water partition coefficient (Wildman–Crippen LogP) is 1.37. The zero-order valence-electron chi connectivity index (χ0n) is 16.6. The summed E-state index contributed by atoms with van der Waals surface area (Å²) in [6.07, 6.45) is 1.58. The van der Waals surface area contributed by atoms with Crippen LogP contribution < -0.4 is 10.5 Å². The SMILES string of the molecule is CC(C)(O)c1csc(C(=O)c2cccnc2N[C@@H]2C[C@H](COS(N)(=O)=O)[C@@H](O)C2)c1. The zero-order valence-corrected chi connectivity index (χ0v) is 18.2. The molecule has 1 fully saturated rings. The van der Waals surface area contributed by atoms with Gasteiger partial charge in [0.05, 0.1) is 28.8 Å². The van der Waals surface area contributed by atoms with Gasteiger partial charge in [0.2, 0.25) is 5.78 Å². The molecule has 11 heteroatoms. The number of hydrogen-bond acceptors (Lipinski definition) is 9. The normalized spacial score (nSPS) is 22.2. The van der Waals surface area contributed by atoms with Crippen molar-refractivity contribution < 1.29 is 27.6 Å². The number of aliphatic hydroxyl groups is 2. The number of carbonyl (C=O) groups is 1. The van der Waals surface area contributed by atoms with Crippen molar-refractivity contribution in [2.75, 3.05) is 11.9 Å². The van der Waals surface area contributed by atoms with Gasteiger partial charge in [0.1, 0.15) is 5.82 Å². The largest absolute Gasteiger partial charge is 0.393 e. The van der Waals surface area contributed by atoms with Crippen LogP contribution in [-0.4, -0.2) is 48.2 Å². The summed E-state index contributed by atoms with van der Waals surface area (Å²) in [6, 6.07) is 4.78. The molecular formula is C19H25N3O6S2. The molecule has 0 spiro atoms. The maximum absolute atomic E-state index is 13.0. The zero-order chi connectivity index (χ0) is 22.1. The van der Waals surface area contributed by atoms with E-state index >= 15 is 0 Å². The second kappa shape index (κ2) is 8.69. The molecule has 0 radical (unpaired) electrons. The second-order valence-corrected chi connectivity index (χ2v) is 10.0. The van der Waals surface area contributed by atoms with Gasteiger partial charge in [0.15, 0.2) is 0 Å². The smallest absolute Gasteiger partial charge is 0.333 e. The molecule has 0 aromatic carbocycles. The molecule has 0 bridgehead atoms. The number of carbonyl (C=O) groups excluding carboxylic acids is 1. The number of pyridine rings is 1. The van der Waals surface area contributed by atoms with Crippen LogP contribution in [0, 0.1) is 5.92 Å². The highest BCUT2D eigenvalue weighted by Gasteiger charge is 2.34. The van der Waals surface area contributed by atoms with Crippen LogP contribution in [0.25, 0.3) is 0 Å². The van der Waals surface area contributed by atoms with E-state index in [9.17, 15) is 23.4 Å². The van der Waals surface area contributed by atoms with Crippen LogP contribution in [0.1, 0.15) is 47.5 Å². The minimum Gasteiger partial charge on any atom is -0.393 e. The van der Waals surface area contributed by atoms with E-state index in [1.165, 1.54) is 11.3 Å². The minimum atomic E-state index is -4.07. The first kappa shape index (κ1) is 22.8. The van der Waals surface area contributed by atoms with Crippen LogP contribution in [-0.2, 0) is 20.1 Å². The first-order valence-electron chi connectivity index (χ1n) is 9.37. The molecule has 9 nitrogen and oxygen atoms in total. The van der Waals surface area contributed by atoms with Crippen LogP contribution in [0.5, 0.6) is 0 Å². The molecule has 1 saturated carbocycles. The van der Waals surface area contributed by atoms with Gasteiger partial charge in [-0.3, -0.25) is 8.98 Å². The van der Waals surface area contributed by atoms with E-state index in [1.54, 1.807) is 43.6 Å². The van der Waals surface area contributed by atoms with Gasteiger partial charge in [0.25, 0.3) is 0 Å². The van der Waals surface area contributed by atoms with Crippen molar-refractivity contribution in [2.45, 2.75) is 44.4 Å². The Morgan fingerprint density at radius 1 is 1.43 bits per heavy atom. The first-order valence-corrected chi connectivity index (χ1v) is 11.7. The lowest BCUT2D eigenvalue weighted by molar-refractivity contribution is 0.0790. The summed E-state index contributed by atoms with van der Waals surface area (Å²) >= 11 is 1.25. The first-order chi connectivity index (χ1) is 13.9. The fourth-order valence-corrected chi connectivity index (χ4v) is 4.77. The molecule has 2 aromatic heterocycles. The number of nitrogens with zero attached hydrogens (tertiary/aromatic N) is 1. The summed E-state index contributed by atoms with van der Waals surface area (Å²) in [5.41, 5.74) is -0.00898. The molecule has 164 valence electrons. The number of aliphatic hydroxyl groups excluding tert-OH is 1.